The molecule has 1 rings (SSSR count). The van der Waals surface area contributed by atoms with Gasteiger partial charge in [-0.15, -0.1) is 0 Å². The Hall–Kier alpha value is -0.560. The van der Waals surface area contributed by atoms with E-state index in [2.05, 4.69) is 24.1 Å². The molecule has 0 atom stereocenters. The van der Waals surface area contributed by atoms with Crippen molar-refractivity contribution in [2.75, 3.05) is 0 Å². The van der Waals surface area contributed by atoms with E-state index in [0.29, 0.717) is 0 Å². The van der Waals surface area contributed by atoms with Crippen LogP contribution < -0.4 is 17.4 Å². The quantitative estimate of drug-likeness (QED) is 0.516. The minimum atomic E-state index is 0. The molecule has 0 aromatic heterocycles. The van der Waals surface area contributed by atoms with Crippen molar-refractivity contribution in [3.8, 4) is 0 Å². The molecule has 0 aliphatic carbocycles. The molecule has 1 nitrogen and oxygen atoms in total. The number of aliphatic imine (C=N–C) groups is 1. The summed E-state index contributed by atoms with van der Waals surface area (Å²) >= 11 is 0. The Bertz CT molecular complexity index is 279. The van der Waals surface area contributed by atoms with E-state index >= 15 is 0 Å². The maximum atomic E-state index is 4.35. The van der Waals surface area contributed by atoms with Gasteiger partial charge in [0.1, 0.15) is 0 Å². The van der Waals surface area contributed by atoms with Crippen LogP contribution in [0.4, 0.5) is 0 Å². The van der Waals surface area contributed by atoms with Gasteiger partial charge in [-0.05, 0) is 12.5 Å². The van der Waals surface area contributed by atoms with Crippen LogP contribution in [0, 0.1) is 0 Å². The lowest BCUT2D eigenvalue weighted by atomic mass is 10.1. The van der Waals surface area contributed by atoms with Crippen LogP contribution in [0.5, 0.6) is 0 Å². The third kappa shape index (κ3) is 11.0. The van der Waals surface area contributed by atoms with E-state index in [4.69, 9.17) is 0 Å². The van der Waals surface area contributed by atoms with Crippen LogP contribution in [0.2, 0.25) is 0 Å². The molecular formula is C17H29ClN. The first-order valence-electron chi connectivity index (χ1n) is 7.83. The molecule has 0 N–H and O–H groups in total. The summed E-state index contributed by atoms with van der Waals surface area (Å²) < 4.78 is 0. The van der Waals surface area contributed by atoms with Crippen molar-refractivity contribution in [2.45, 2.75) is 77.6 Å². The van der Waals surface area contributed by atoms with Gasteiger partial charge in [0.05, 0.1) is 4.99 Å². The number of rotatable bonds is 11. The summed E-state index contributed by atoms with van der Waals surface area (Å²) in [6.07, 6.45) is 23.3. The van der Waals surface area contributed by atoms with E-state index < -0.39 is 0 Å². The number of nitrogens with zero attached hydrogens (tertiary/aromatic N) is 1. The molecule has 0 saturated heterocycles. The van der Waals surface area contributed by atoms with Crippen LogP contribution >= 0.6 is 0 Å². The molecule has 2 heteroatoms. The van der Waals surface area contributed by atoms with Gasteiger partial charge in [-0.2, -0.15) is 0 Å². The highest BCUT2D eigenvalue weighted by Crippen LogP contribution is 2.13. The number of hydrogen-bond acceptors (Lipinski definition) is 1. The SMILES string of the molecule is CCCCCCCCCCCCC1=CC=CC=[N+]1.[Cl-]. The highest BCUT2D eigenvalue weighted by Gasteiger charge is 2.06. The predicted octanol–water partition coefficient (Wildman–Crippen LogP) is 2.16. The third-order valence-electron chi connectivity index (χ3n) is 3.51. The van der Waals surface area contributed by atoms with Crippen molar-refractivity contribution >= 4 is 6.21 Å². The standard InChI is InChI=1S/C17H29N.ClH/c1-2-3-4-5-6-7-8-9-10-11-14-17-15-12-13-16-18-17;/h12-13,15-16H,2-11,14H2,1H3;1H/q+1;/p-1. The molecule has 109 valence electrons. The molecule has 19 heavy (non-hydrogen) atoms. The molecule has 0 amide bonds. The lowest BCUT2D eigenvalue weighted by Crippen LogP contribution is -3.00. The smallest absolute Gasteiger partial charge is 0.253 e. The largest absolute Gasteiger partial charge is 1.00 e. The van der Waals surface area contributed by atoms with Gasteiger partial charge >= 0.3 is 0 Å². The van der Waals surface area contributed by atoms with E-state index in [-0.39, 0.29) is 12.4 Å². The molecule has 1 aliphatic heterocycles. The number of unbranched alkanes of at least 4 members (excludes halogenated alkanes) is 9. The van der Waals surface area contributed by atoms with Gasteiger partial charge in [-0.3, -0.25) is 0 Å². The van der Waals surface area contributed by atoms with Gasteiger partial charge in [0, 0.05) is 18.6 Å². The molecule has 0 aromatic rings. The Morgan fingerprint density at radius 1 is 0.789 bits per heavy atom. The maximum Gasteiger partial charge on any atom is 0.253 e. The lowest BCUT2D eigenvalue weighted by Gasteiger charge is -2.01. The molecule has 0 aromatic carbocycles. The third-order valence-corrected chi connectivity index (χ3v) is 3.51. The summed E-state index contributed by atoms with van der Waals surface area (Å²) in [5.41, 5.74) is 1.25. The fourth-order valence-electron chi connectivity index (χ4n) is 2.34. The molecule has 0 spiro atoms. The Kier molecular flexibility index (Phi) is 13.5. The normalized spacial score (nSPS) is 13.2. The van der Waals surface area contributed by atoms with Crippen molar-refractivity contribution in [2.24, 2.45) is 0 Å². The summed E-state index contributed by atoms with van der Waals surface area (Å²) in [5.74, 6) is 0. The fourth-order valence-corrected chi connectivity index (χ4v) is 2.34. The van der Waals surface area contributed by atoms with Crippen LogP contribution in [-0.4, -0.2) is 6.21 Å². The second kappa shape index (κ2) is 13.9. The molecule has 1 aliphatic rings. The molecule has 0 fully saturated rings. The zero-order valence-corrected chi connectivity index (χ0v) is 13.2. The average Bonchev–Trinajstić information content (AvgIpc) is 2.42. The van der Waals surface area contributed by atoms with Gasteiger partial charge in [0.15, 0.2) is 0 Å². The van der Waals surface area contributed by atoms with E-state index in [0.717, 1.165) is 6.42 Å². The number of allylic oxidation sites excluding steroid dienone is 4. The van der Waals surface area contributed by atoms with Gasteiger partial charge in [0.25, 0.3) is 5.70 Å². The van der Waals surface area contributed by atoms with Crippen molar-refractivity contribution in [1.29, 1.82) is 0 Å². The Morgan fingerprint density at radius 2 is 1.37 bits per heavy atom. The predicted molar refractivity (Wildman–Crippen MR) is 81.9 cm³/mol. The van der Waals surface area contributed by atoms with Crippen molar-refractivity contribution in [3.05, 3.63) is 23.9 Å². The molecule has 0 unspecified atom stereocenters. The first kappa shape index (κ1) is 18.4. The van der Waals surface area contributed by atoms with Gasteiger partial charge in [-0.25, -0.2) is 0 Å². The first-order chi connectivity index (χ1) is 8.93. The van der Waals surface area contributed by atoms with Crippen molar-refractivity contribution in [1.82, 2.24) is 4.99 Å². The summed E-state index contributed by atoms with van der Waals surface area (Å²) in [4.78, 5) is 4.35. The maximum absolute atomic E-state index is 4.35. The Labute approximate surface area is 125 Å². The summed E-state index contributed by atoms with van der Waals surface area (Å²) in [7, 11) is 0. The number of hydrogen-bond donors (Lipinski definition) is 0. The van der Waals surface area contributed by atoms with Crippen molar-refractivity contribution in [3.63, 3.8) is 0 Å². The topological polar surface area (TPSA) is 14.1 Å². The number of halogens is 1. The highest BCUT2D eigenvalue weighted by atomic mass is 35.5. The van der Waals surface area contributed by atoms with Crippen LogP contribution in [0.3, 0.4) is 0 Å². The summed E-state index contributed by atoms with van der Waals surface area (Å²) in [6, 6.07) is 0. The zero-order valence-electron chi connectivity index (χ0n) is 12.4. The monoisotopic (exact) mass is 282 g/mol. The summed E-state index contributed by atoms with van der Waals surface area (Å²) in [5, 5.41) is 0. The Morgan fingerprint density at radius 3 is 1.89 bits per heavy atom. The van der Waals surface area contributed by atoms with Crippen LogP contribution in [-0.2, 0) is 0 Å². The van der Waals surface area contributed by atoms with E-state index in [9.17, 15) is 0 Å². The lowest BCUT2D eigenvalue weighted by molar-refractivity contribution is -0.00000396. The fraction of sp³-hybridized carbons (Fsp3) is 0.706. The first-order valence-corrected chi connectivity index (χ1v) is 7.83. The highest BCUT2D eigenvalue weighted by molar-refractivity contribution is 5.72. The minimum Gasteiger partial charge on any atom is -1.00 e. The molecule has 1 radical (unpaired) electrons. The summed E-state index contributed by atoms with van der Waals surface area (Å²) in [6.45, 7) is 2.28. The van der Waals surface area contributed by atoms with Gasteiger partial charge in [-0.1, -0.05) is 64.7 Å². The van der Waals surface area contributed by atoms with Gasteiger partial charge in [0.2, 0.25) is 6.21 Å². The molecule has 0 bridgehead atoms. The second-order valence-electron chi connectivity index (χ2n) is 5.25. The average molecular weight is 283 g/mol. The van der Waals surface area contributed by atoms with Crippen LogP contribution in [0.15, 0.2) is 23.9 Å². The van der Waals surface area contributed by atoms with E-state index in [1.807, 2.05) is 12.3 Å². The van der Waals surface area contributed by atoms with E-state index in [1.165, 1.54) is 69.9 Å². The Balaban J connectivity index is 0.00000324. The molecular weight excluding hydrogens is 254 g/mol. The zero-order chi connectivity index (χ0) is 12.9. The van der Waals surface area contributed by atoms with Crippen LogP contribution in [0.1, 0.15) is 77.6 Å². The minimum absolute atomic E-state index is 0. The van der Waals surface area contributed by atoms with Gasteiger partial charge < -0.3 is 12.4 Å². The molecule has 0 saturated carbocycles. The van der Waals surface area contributed by atoms with E-state index in [1.54, 1.807) is 0 Å². The molecule has 1 heterocycles. The van der Waals surface area contributed by atoms with Crippen LogP contribution in [0.25, 0.3) is 0 Å². The second-order valence-corrected chi connectivity index (χ2v) is 5.25. The van der Waals surface area contributed by atoms with Crippen molar-refractivity contribution < 1.29 is 12.4 Å².